The molecule has 0 heterocycles. The SMILES string of the molecule is NC(=O)C1(NC(=O)C#Cc2ccc(NC3CC3)c(Cl)c2)CCCCC1. The van der Waals surface area contributed by atoms with Gasteiger partial charge in [0.05, 0.1) is 10.7 Å². The summed E-state index contributed by atoms with van der Waals surface area (Å²) in [4.78, 5) is 24.0. The van der Waals surface area contributed by atoms with Crippen molar-refractivity contribution in [1.82, 2.24) is 5.32 Å². The summed E-state index contributed by atoms with van der Waals surface area (Å²) >= 11 is 6.24. The molecule has 132 valence electrons. The van der Waals surface area contributed by atoms with Crippen molar-refractivity contribution < 1.29 is 9.59 Å². The van der Waals surface area contributed by atoms with Crippen LogP contribution in [0.5, 0.6) is 0 Å². The Morgan fingerprint density at radius 1 is 1.20 bits per heavy atom. The van der Waals surface area contributed by atoms with Gasteiger partial charge in [0, 0.05) is 17.5 Å². The number of nitrogens with two attached hydrogens (primary N) is 1. The second-order valence-corrected chi connectivity index (χ2v) is 7.23. The van der Waals surface area contributed by atoms with Gasteiger partial charge in [0.15, 0.2) is 0 Å². The van der Waals surface area contributed by atoms with Crippen LogP contribution < -0.4 is 16.4 Å². The molecule has 2 fully saturated rings. The normalized spacial score (nSPS) is 18.6. The van der Waals surface area contributed by atoms with Crippen LogP contribution in [0.25, 0.3) is 0 Å². The molecule has 0 bridgehead atoms. The van der Waals surface area contributed by atoms with Crippen LogP contribution >= 0.6 is 11.6 Å². The molecule has 5 nitrogen and oxygen atoms in total. The van der Waals surface area contributed by atoms with E-state index in [0.29, 0.717) is 29.5 Å². The Balaban J connectivity index is 1.66. The molecular weight excluding hydrogens is 338 g/mol. The molecular formula is C19H22ClN3O2. The van der Waals surface area contributed by atoms with Crippen molar-refractivity contribution in [3.8, 4) is 11.8 Å². The van der Waals surface area contributed by atoms with Gasteiger partial charge in [-0.05, 0) is 43.9 Å². The minimum Gasteiger partial charge on any atom is -0.381 e. The molecule has 0 aromatic heterocycles. The molecule has 3 rings (SSSR count). The lowest BCUT2D eigenvalue weighted by Crippen LogP contribution is -2.58. The first kappa shape index (κ1) is 17.6. The second kappa shape index (κ2) is 7.37. The van der Waals surface area contributed by atoms with Gasteiger partial charge < -0.3 is 16.4 Å². The summed E-state index contributed by atoms with van der Waals surface area (Å²) < 4.78 is 0. The number of halogens is 1. The Morgan fingerprint density at radius 3 is 2.52 bits per heavy atom. The third-order valence-corrected chi connectivity index (χ3v) is 5.07. The number of carbonyl (C=O) groups is 2. The van der Waals surface area contributed by atoms with E-state index in [2.05, 4.69) is 22.5 Å². The Labute approximate surface area is 152 Å². The Morgan fingerprint density at radius 2 is 1.92 bits per heavy atom. The molecule has 2 saturated carbocycles. The largest absolute Gasteiger partial charge is 0.381 e. The van der Waals surface area contributed by atoms with Crippen LogP contribution in [-0.2, 0) is 9.59 Å². The van der Waals surface area contributed by atoms with E-state index in [1.165, 1.54) is 12.8 Å². The predicted molar refractivity (Wildman–Crippen MR) is 98.1 cm³/mol. The van der Waals surface area contributed by atoms with Crippen molar-refractivity contribution in [3.63, 3.8) is 0 Å². The summed E-state index contributed by atoms with van der Waals surface area (Å²) in [5.74, 6) is 4.37. The summed E-state index contributed by atoms with van der Waals surface area (Å²) in [6.07, 6.45) is 6.28. The van der Waals surface area contributed by atoms with Crippen molar-refractivity contribution in [2.75, 3.05) is 5.32 Å². The van der Waals surface area contributed by atoms with Crippen molar-refractivity contribution in [2.24, 2.45) is 5.73 Å². The minimum absolute atomic E-state index is 0.485. The van der Waals surface area contributed by atoms with E-state index in [-0.39, 0.29) is 0 Å². The van der Waals surface area contributed by atoms with Gasteiger partial charge in [0.25, 0.3) is 5.91 Å². The van der Waals surface area contributed by atoms with E-state index in [1.54, 1.807) is 6.07 Å². The van der Waals surface area contributed by atoms with E-state index >= 15 is 0 Å². The van der Waals surface area contributed by atoms with E-state index in [9.17, 15) is 9.59 Å². The van der Waals surface area contributed by atoms with Gasteiger partial charge in [-0.25, -0.2) is 0 Å². The van der Waals surface area contributed by atoms with Crippen LogP contribution in [0.15, 0.2) is 18.2 Å². The lowest BCUT2D eigenvalue weighted by Gasteiger charge is -2.34. The summed E-state index contributed by atoms with van der Waals surface area (Å²) in [5.41, 5.74) is 6.09. The molecule has 0 unspecified atom stereocenters. The molecule has 0 radical (unpaired) electrons. The lowest BCUT2D eigenvalue weighted by molar-refractivity contribution is -0.130. The molecule has 0 spiro atoms. The van der Waals surface area contributed by atoms with Crippen molar-refractivity contribution in [3.05, 3.63) is 28.8 Å². The van der Waals surface area contributed by atoms with Crippen LogP contribution in [0.1, 0.15) is 50.5 Å². The number of anilines is 1. The molecule has 4 N–H and O–H groups in total. The molecule has 1 aromatic carbocycles. The number of benzene rings is 1. The third kappa shape index (κ3) is 4.46. The third-order valence-electron chi connectivity index (χ3n) is 4.76. The van der Waals surface area contributed by atoms with Gasteiger partial charge in [-0.15, -0.1) is 0 Å². The standard InChI is InChI=1S/C19H22ClN3O2/c20-15-12-13(4-8-16(15)22-14-6-7-14)5-9-17(24)23-19(18(21)25)10-2-1-3-11-19/h4,8,12,14,22H,1-3,6-7,10-11H2,(H2,21,25)(H,23,24). The van der Waals surface area contributed by atoms with Gasteiger partial charge in [0.1, 0.15) is 5.54 Å². The molecule has 25 heavy (non-hydrogen) atoms. The minimum atomic E-state index is -0.959. The zero-order valence-corrected chi connectivity index (χ0v) is 14.8. The van der Waals surface area contributed by atoms with E-state index < -0.39 is 17.4 Å². The van der Waals surface area contributed by atoms with Crippen LogP contribution in [-0.4, -0.2) is 23.4 Å². The van der Waals surface area contributed by atoms with Crippen molar-refractivity contribution in [1.29, 1.82) is 0 Å². The summed E-state index contributed by atoms with van der Waals surface area (Å²) in [6, 6.07) is 5.94. The van der Waals surface area contributed by atoms with Crippen LogP contribution in [0.3, 0.4) is 0 Å². The molecule has 0 saturated heterocycles. The Hall–Kier alpha value is -2.19. The molecule has 0 aliphatic heterocycles. The average molecular weight is 360 g/mol. The van der Waals surface area contributed by atoms with Gasteiger partial charge in [-0.1, -0.05) is 36.8 Å². The molecule has 2 aliphatic carbocycles. The number of primary amides is 1. The van der Waals surface area contributed by atoms with Crippen LogP contribution in [0, 0.1) is 11.8 Å². The van der Waals surface area contributed by atoms with Crippen molar-refractivity contribution in [2.45, 2.75) is 56.5 Å². The van der Waals surface area contributed by atoms with E-state index in [0.717, 1.165) is 24.9 Å². The molecule has 2 aliphatic rings. The topological polar surface area (TPSA) is 84.2 Å². The predicted octanol–water partition coefficient (Wildman–Crippen LogP) is 2.57. The number of nitrogens with one attached hydrogen (secondary N) is 2. The summed E-state index contributed by atoms with van der Waals surface area (Å²) in [7, 11) is 0. The van der Waals surface area contributed by atoms with Gasteiger partial charge >= 0.3 is 0 Å². The number of hydrogen-bond donors (Lipinski definition) is 3. The smallest absolute Gasteiger partial charge is 0.297 e. The maximum absolute atomic E-state index is 12.2. The highest BCUT2D eigenvalue weighted by molar-refractivity contribution is 6.33. The zero-order valence-electron chi connectivity index (χ0n) is 14.0. The maximum atomic E-state index is 12.2. The Kier molecular flexibility index (Phi) is 5.19. The fourth-order valence-corrected chi connectivity index (χ4v) is 3.36. The number of carbonyl (C=O) groups excluding carboxylic acids is 2. The second-order valence-electron chi connectivity index (χ2n) is 6.82. The number of hydrogen-bond acceptors (Lipinski definition) is 3. The highest BCUT2D eigenvalue weighted by atomic mass is 35.5. The lowest BCUT2D eigenvalue weighted by atomic mass is 9.81. The monoisotopic (exact) mass is 359 g/mol. The highest BCUT2D eigenvalue weighted by Gasteiger charge is 2.38. The Bertz CT molecular complexity index is 741. The highest BCUT2D eigenvalue weighted by Crippen LogP contribution is 2.30. The van der Waals surface area contributed by atoms with E-state index in [1.807, 2.05) is 12.1 Å². The molecule has 0 atom stereocenters. The van der Waals surface area contributed by atoms with Crippen molar-refractivity contribution >= 4 is 29.1 Å². The van der Waals surface area contributed by atoms with E-state index in [4.69, 9.17) is 17.3 Å². The quantitative estimate of drug-likeness (QED) is 0.722. The molecule has 6 heteroatoms. The van der Waals surface area contributed by atoms with Gasteiger partial charge in [-0.2, -0.15) is 0 Å². The first-order valence-corrected chi connectivity index (χ1v) is 9.06. The van der Waals surface area contributed by atoms with Crippen LogP contribution in [0.4, 0.5) is 5.69 Å². The number of rotatable bonds is 4. The first-order chi connectivity index (χ1) is 12.0. The molecule has 2 amide bonds. The number of amides is 2. The first-order valence-electron chi connectivity index (χ1n) is 8.69. The fourth-order valence-electron chi connectivity index (χ4n) is 3.12. The summed E-state index contributed by atoms with van der Waals surface area (Å²) in [6.45, 7) is 0. The maximum Gasteiger partial charge on any atom is 0.297 e. The fraction of sp³-hybridized carbons (Fsp3) is 0.474. The molecule has 1 aromatic rings. The summed E-state index contributed by atoms with van der Waals surface area (Å²) in [5, 5.41) is 6.65. The van der Waals surface area contributed by atoms with Gasteiger partial charge in [0.2, 0.25) is 5.91 Å². The van der Waals surface area contributed by atoms with Gasteiger partial charge in [-0.3, -0.25) is 9.59 Å². The van der Waals surface area contributed by atoms with Crippen LogP contribution in [0.2, 0.25) is 5.02 Å². The zero-order chi connectivity index (χ0) is 17.9. The average Bonchev–Trinajstić information content (AvgIpc) is 3.40.